The normalized spacial score (nSPS) is 21.7. The Labute approximate surface area is 521 Å². The molecule has 5 fully saturated rings. The molecule has 3 aromatic rings. The van der Waals surface area contributed by atoms with E-state index >= 15 is 8.78 Å². The molecule has 8 rings (SSSR count). The molecule has 5 aliphatic rings. The van der Waals surface area contributed by atoms with Gasteiger partial charge in [-0.15, -0.1) is 12.8 Å². The highest BCUT2D eigenvalue weighted by Crippen LogP contribution is 2.45. The maximum Gasteiger partial charge on any atom is 0.407 e. The molecule has 4 amide bonds. The van der Waals surface area contributed by atoms with Crippen molar-refractivity contribution in [3.63, 3.8) is 0 Å². The molecule has 18 heteroatoms. The van der Waals surface area contributed by atoms with Gasteiger partial charge < -0.3 is 60.1 Å². The van der Waals surface area contributed by atoms with Crippen molar-refractivity contribution < 1.29 is 32.6 Å². The van der Waals surface area contributed by atoms with E-state index in [2.05, 4.69) is 129 Å². The van der Waals surface area contributed by atoms with Crippen LogP contribution in [0.1, 0.15) is 152 Å². The number of nitrogens with one attached hydrogen (secondary N) is 4. The summed E-state index contributed by atoms with van der Waals surface area (Å²) in [5, 5.41) is 12.5. The molecule has 0 radical (unpaired) electrons. The summed E-state index contributed by atoms with van der Waals surface area (Å²) >= 11 is 0. The van der Waals surface area contributed by atoms with Gasteiger partial charge in [-0.2, -0.15) is 0 Å². The number of terminal acetylenes is 1. The summed E-state index contributed by atoms with van der Waals surface area (Å²) in [4.78, 5) is 52.5. The Morgan fingerprint density at radius 3 is 2.09 bits per heavy atom. The monoisotopic (exact) mass is 1210 g/mol. The number of benzene rings is 3. The Kier molecular flexibility index (Phi) is 28.5. The van der Waals surface area contributed by atoms with Crippen LogP contribution in [0.15, 0.2) is 65.8 Å². The molecule has 3 aromatic carbocycles. The molecule has 0 aromatic heterocycles. The van der Waals surface area contributed by atoms with Gasteiger partial charge in [0.05, 0.1) is 25.7 Å². The second kappa shape index (κ2) is 34.8. The number of anilines is 4. The number of amides is 4. The van der Waals surface area contributed by atoms with Crippen LogP contribution in [0, 0.1) is 44.2 Å². The highest BCUT2D eigenvalue weighted by Gasteiger charge is 2.46. The third-order valence-electron chi connectivity index (χ3n) is 18.3. The molecule has 4 N–H and O–H groups in total. The molecular weight excluding hydrogens is 1100 g/mol. The van der Waals surface area contributed by atoms with Crippen molar-refractivity contribution in [3.05, 3.63) is 94.7 Å². The number of methoxy groups -OCH3 is 2. The topological polar surface area (TPSA) is 150 Å². The molecule has 0 spiro atoms. The summed E-state index contributed by atoms with van der Waals surface area (Å²) in [5.74, 6) is 0.800. The van der Waals surface area contributed by atoms with Crippen molar-refractivity contribution in [1.82, 2.24) is 30.2 Å². The van der Waals surface area contributed by atoms with Gasteiger partial charge in [0.25, 0.3) is 0 Å². The number of aliphatic imine (C=N–C) groups is 1. The first-order valence-electron chi connectivity index (χ1n) is 31.8. The number of ether oxygens (including phenoxy) is 2. The van der Waals surface area contributed by atoms with Crippen molar-refractivity contribution in [2.45, 2.75) is 193 Å². The van der Waals surface area contributed by atoms with Crippen molar-refractivity contribution in [3.8, 4) is 12.8 Å². The Hall–Kier alpha value is -6.58. The van der Waals surface area contributed by atoms with Gasteiger partial charge in [-0.1, -0.05) is 57.0 Å². The molecule has 87 heavy (non-hydrogen) atoms. The van der Waals surface area contributed by atoms with E-state index in [0.717, 1.165) is 104 Å². The number of amidine groups is 1. The number of urea groups is 1. The zero-order valence-corrected chi connectivity index (χ0v) is 55.2. The molecule has 16 nitrogen and oxygen atoms in total. The van der Waals surface area contributed by atoms with E-state index in [1.807, 2.05) is 39.9 Å². The number of piperidine rings is 1. The zero-order valence-electron chi connectivity index (χ0n) is 55.2. The first-order valence-corrected chi connectivity index (χ1v) is 31.8. The second-order valence-electron chi connectivity index (χ2n) is 24.9. The SMILES string of the molecule is C#C.C=C(C)Nc1ccc(C2CC[C@H](Cc3ccc(NCC4CC5CCCC5N4C(=O)C[C@@H](C)OC)c(C)c3)N2c2cc(F)c(N3CCCCC3)c(F)c2)cc1C.CCCC[C@H]1CCCN1C(=NC)C(NC(=O)OC)C(C)N(C)C.CNC(=O)N(C)C. The number of hydrogen-bond donors (Lipinski definition) is 4. The van der Waals surface area contributed by atoms with Crippen molar-refractivity contribution in [2.24, 2.45) is 10.9 Å². The Morgan fingerprint density at radius 1 is 0.839 bits per heavy atom. The molecule has 9 atom stereocenters. The molecule has 1 saturated carbocycles. The molecule has 482 valence electrons. The average Bonchev–Trinajstić information content (AvgIpc) is 2.05. The molecule has 4 saturated heterocycles. The van der Waals surface area contributed by atoms with Gasteiger partial charge in [0.15, 0.2) is 11.6 Å². The largest absolute Gasteiger partial charge is 0.453 e. The molecule has 4 aliphatic heterocycles. The van der Waals surface area contributed by atoms with E-state index in [4.69, 9.17) is 9.47 Å². The third-order valence-corrected chi connectivity index (χ3v) is 18.3. The first kappa shape index (κ1) is 71.2. The minimum Gasteiger partial charge on any atom is -0.453 e. The van der Waals surface area contributed by atoms with Gasteiger partial charge in [0.1, 0.15) is 17.6 Å². The van der Waals surface area contributed by atoms with Crippen LogP contribution >= 0.6 is 0 Å². The number of hydrogen-bond acceptors (Lipinski definition) is 11. The number of carbonyl (C=O) groups excluding carboxylic acids is 3. The van der Waals surface area contributed by atoms with Gasteiger partial charge in [-0.05, 0) is 178 Å². The molecule has 1 aliphatic carbocycles. The Balaban J connectivity index is 0.000000357. The van der Waals surface area contributed by atoms with Crippen molar-refractivity contribution in [1.29, 1.82) is 0 Å². The van der Waals surface area contributed by atoms with E-state index in [1.165, 1.54) is 62.5 Å². The van der Waals surface area contributed by atoms with E-state index < -0.39 is 17.7 Å². The predicted octanol–water partition coefficient (Wildman–Crippen LogP) is 12.6. The highest BCUT2D eigenvalue weighted by molar-refractivity contribution is 5.91. The maximum atomic E-state index is 16.0. The molecular formula is C69H107F2N11O5. The maximum absolute atomic E-state index is 16.0. The van der Waals surface area contributed by atoms with Crippen LogP contribution in [0.4, 0.5) is 41.1 Å². The summed E-state index contributed by atoms with van der Waals surface area (Å²) in [6.45, 7) is 19.6. The van der Waals surface area contributed by atoms with Crippen LogP contribution < -0.4 is 31.1 Å². The summed E-state index contributed by atoms with van der Waals surface area (Å²) in [6, 6.07) is 17.2. The summed E-state index contributed by atoms with van der Waals surface area (Å²) in [5.41, 5.74) is 8.28. The Morgan fingerprint density at radius 2 is 1.52 bits per heavy atom. The number of rotatable bonds is 20. The van der Waals surface area contributed by atoms with E-state index in [9.17, 15) is 14.4 Å². The quantitative estimate of drug-likeness (QED) is 0.0486. The second-order valence-corrected chi connectivity index (χ2v) is 24.9. The number of nitrogens with zero attached hydrogens (tertiary/aromatic N) is 7. The standard InChI is InChI=1S/C46H61F2N5O2.C17H34N4O2.C4H10N2O.C2H2/c1-29(2)50-42-17-14-35(22-31(42)4)44-18-15-36(52(44)37-26-39(47)46(40(48)27-37)51-19-8-7-9-20-51)24-33-13-16-41(30(3)21-33)49-28-38-25-34-11-10-12-43(34)53(38)45(54)23-32(5)55-6;1-7-8-10-14-11-9-12-21(14)16(18-3)15(13(2)20(4)5)19-17(22)23-6;1-5-4(7)6(2)3;1-2/h13-14,16-17,21-22,26-27,32,34,36,38,43-44,49-50H,1,7-12,15,18-20,23-25,28H2,2-6H3;13-15H,7-12H2,1-6H3,(H,19,22);1-3H3,(H,5,7);1-2H/t32-,34?,36-,38?,43?,44?;13?,14-,15?;;/m10../s1. The van der Waals surface area contributed by atoms with Crippen LogP contribution in [0.3, 0.4) is 0 Å². The number of fused-ring (bicyclic) bond motifs is 1. The summed E-state index contributed by atoms with van der Waals surface area (Å²) < 4.78 is 42.3. The number of carbonyl (C=O) groups is 3. The predicted molar refractivity (Wildman–Crippen MR) is 354 cm³/mol. The van der Waals surface area contributed by atoms with Crippen LogP contribution in [0.5, 0.6) is 0 Å². The average molecular weight is 1210 g/mol. The number of aryl methyl sites for hydroxylation is 2. The first-order chi connectivity index (χ1) is 41.6. The lowest BCUT2D eigenvalue weighted by molar-refractivity contribution is -0.136. The van der Waals surface area contributed by atoms with Crippen molar-refractivity contribution in [2.75, 3.05) is 103 Å². The van der Waals surface area contributed by atoms with Crippen LogP contribution in [-0.2, 0) is 20.7 Å². The van der Waals surface area contributed by atoms with Crippen LogP contribution in [0.25, 0.3) is 0 Å². The third kappa shape index (κ3) is 19.2. The van der Waals surface area contributed by atoms with Gasteiger partial charge >= 0.3 is 12.1 Å². The Bertz CT molecular complexity index is 2730. The van der Waals surface area contributed by atoms with E-state index in [1.54, 1.807) is 40.4 Å². The number of unbranched alkanes of at least 4 members (excludes halogenated alkanes) is 1. The highest BCUT2D eigenvalue weighted by atomic mass is 19.1. The fourth-order valence-electron chi connectivity index (χ4n) is 13.6. The summed E-state index contributed by atoms with van der Waals surface area (Å²) in [7, 11) is 13.9. The molecule has 4 heterocycles. The number of halogens is 2. The van der Waals surface area contributed by atoms with Gasteiger partial charge in [0, 0.05) is 114 Å². The van der Waals surface area contributed by atoms with E-state index in [-0.39, 0.29) is 53.9 Å². The van der Waals surface area contributed by atoms with Crippen LogP contribution in [-0.4, -0.2) is 169 Å². The van der Waals surface area contributed by atoms with E-state index in [0.29, 0.717) is 43.2 Å². The lowest BCUT2D eigenvalue weighted by Crippen LogP contribution is -2.58. The minimum atomic E-state index is -0.482. The molecule has 0 bridgehead atoms. The lowest BCUT2D eigenvalue weighted by atomic mass is 10.00. The van der Waals surface area contributed by atoms with Gasteiger partial charge in [-0.25, -0.2) is 18.4 Å². The number of allylic oxidation sites excluding steroid dienone is 1. The van der Waals surface area contributed by atoms with Gasteiger partial charge in [0.2, 0.25) is 5.91 Å². The van der Waals surface area contributed by atoms with Crippen molar-refractivity contribution >= 4 is 46.6 Å². The number of alkyl carbamates (subject to hydrolysis) is 1. The fraction of sp³-hybridized carbons (Fsp3) is 0.623. The summed E-state index contributed by atoms with van der Waals surface area (Å²) in [6.07, 6.45) is 24.1. The van der Waals surface area contributed by atoms with Crippen LogP contribution in [0.2, 0.25) is 0 Å². The smallest absolute Gasteiger partial charge is 0.407 e. The molecule has 6 unspecified atom stereocenters. The lowest BCUT2D eigenvalue weighted by Gasteiger charge is -2.37. The zero-order chi connectivity index (χ0) is 64.1. The van der Waals surface area contributed by atoms with Gasteiger partial charge in [-0.3, -0.25) is 9.79 Å². The number of likely N-dealkylation sites (N-methyl/N-ethyl adjacent to an activating group) is 1. The number of likely N-dealkylation sites (tertiary alicyclic amines) is 2. The minimum absolute atomic E-state index is 0.0207. The fourth-order valence-corrected chi connectivity index (χ4v) is 13.6.